The number of rotatable bonds is 9. The van der Waals surface area contributed by atoms with Crippen molar-refractivity contribution in [3.8, 4) is 0 Å². The van der Waals surface area contributed by atoms with E-state index in [1.165, 1.54) is 50.6 Å². The van der Waals surface area contributed by atoms with Crippen molar-refractivity contribution >= 4 is 23.2 Å². The van der Waals surface area contributed by atoms with Crippen LogP contribution < -0.4 is 0 Å². The summed E-state index contributed by atoms with van der Waals surface area (Å²) in [5, 5.41) is 1.29. The molecule has 0 N–H and O–H groups in total. The lowest BCUT2D eigenvalue weighted by molar-refractivity contribution is -0.903. The van der Waals surface area contributed by atoms with E-state index < -0.39 is 0 Å². The fraction of sp³-hybridized carbons (Fsp3) is 0.647. The van der Waals surface area contributed by atoms with E-state index in [0.717, 1.165) is 11.0 Å². The molecule has 0 aliphatic heterocycles. The number of unbranched alkanes of at least 4 members (excludes halogenated alkanes) is 5. The van der Waals surface area contributed by atoms with Gasteiger partial charge in [0.05, 0.1) is 30.7 Å². The van der Waals surface area contributed by atoms with Crippen LogP contribution in [0.3, 0.4) is 0 Å². The lowest BCUT2D eigenvalue weighted by atomic mass is 10.1. The highest BCUT2D eigenvalue weighted by Gasteiger charge is 2.16. The van der Waals surface area contributed by atoms with Crippen LogP contribution in [0.4, 0.5) is 0 Å². The molecule has 1 nitrogen and oxygen atoms in total. The molecule has 114 valence electrons. The first-order chi connectivity index (χ1) is 9.44. The zero-order chi connectivity index (χ0) is 15.0. The van der Waals surface area contributed by atoms with Crippen LogP contribution >= 0.6 is 23.2 Å². The number of nitrogens with zero attached hydrogens (tertiary/aromatic N) is 1. The molecule has 0 bridgehead atoms. The molecule has 1 rings (SSSR count). The number of quaternary nitrogens is 1. The third-order valence-corrected chi connectivity index (χ3v) is 4.45. The molecule has 0 saturated carbocycles. The minimum absolute atomic E-state index is 0.636. The van der Waals surface area contributed by atoms with Gasteiger partial charge in [-0.3, -0.25) is 0 Å². The van der Waals surface area contributed by atoms with Gasteiger partial charge in [0, 0.05) is 5.56 Å². The van der Waals surface area contributed by atoms with Gasteiger partial charge in [-0.15, -0.1) is 0 Å². The molecule has 0 spiro atoms. The monoisotopic (exact) mass is 316 g/mol. The van der Waals surface area contributed by atoms with Crippen LogP contribution in [0.25, 0.3) is 0 Å². The van der Waals surface area contributed by atoms with Crippen molar-refractivity contribution in [2.24, 2.45) is 0 Å². The van der Waals surface area contributed by atoms with E-state index in [1.54, 1.807) is 0 Å². The molecule has 0 aromatic heterocycles. The first-order valence-electron chi connectivity index (χ1n) is 7.70. The molecule has 0 unspecified atom stereocenters. The van der Waals surface area contributed by atoms with Gasteiger partial charge in [-0.25, -0.2) is 0 Å². The van der Waals surface area contributed by atoms with Crippen LogP contribution in [0.2, 0.25) is 10.0 Å². The molecular formula is C17H28Cl2N+. The lowest BCUT2D eigenvalue weighted by Crippen LogP contribution is -2.39. The second kappa shape index (κ2) is 8.92. The summed E-state index contributed by atoms with van der Waals surface area (Å²) in [4.78, 5) is 0. The molecule has 0 amide bonds. The van der Waals surface area contributed by atoms with Gasteiger partial charge in [-0.2, -0.15) is 0 Å². The van der Waals surface area contributed by atoms with E-state index in [-0.39, 0.29) is 0 Å². The smallest absolute Gasteiger partial charge is 0.104 e. The Balaban J connectivity index is 2.34. The van der Waals surface area contributed by atoms with Crippen molar-refractivity contribution in [1.82, 2.24) is 0 Å². The standard InChI is InChI=1S/C17H28Cl2N/c1-4-5-6-7-8-9-12-20(2,3)14-15-10-11-16(18)17(19)13-15/h10-11,13H,4-9,12,14H2,1-3H3/q+1. The molecule has 0 fully saturated rings. The SMILES string of the molecule is CCCCCCCC[N+](C)(C)Cc1ccc(Cl)c(Cl)c1. The average Bonchev–Trinajstić information content (AvgIpc) is 2.38. The Morgan fingerprint density at radius 3 is 2.20 bits per heavy atom. The molecule has 0 aliphatic carbocycles. The summed E-state index contributed by atoms with van der Waals surface area (Å²) in [6.45, 7) is 4.48. The Morgan fingerprint density at radius 1 is 0.900 bits per heavy atom. The normalized spacial score (nSPS) is 11.8. The molecule has 1 aromatic carbocycles. The van der Waals surface area contributed by atoms with E-state index in [9.17, 15) is 0 Å². The zero-order valence-corrected chi connectivity index (χ0v) is 14.6. The molecule has 0 aliphatic rings. The highest BCUT2D eigenvalue weighted by Crippen LogP contribution is 2.24. The molecule has 0 atom stereocenters. The van der Waals surface area contributed by atoms with E-state index in [2.05, 4.69) is 27.1 Å². The maximum atomic E-state index is 6.08. The van der Waals surface area contributed by atoms with E-state index in [0.29, 0.717) is 10.0 Å². The van der Waals surface area contributed by atoms with E-state index in [4.69, 9.17) is 23.2 Å². The minimum atomic E-state index is 0.636. The van der Waals surface area contributed by atoms with Gasteiger partial charge in [0.2, 0.25) is 0 Å². The zero-order valence-electron chi connectivity index (χ0n) is 13.1. The molecule has 0 heterocycles. The van der Waals surface area contributed by atoms with Crippen LogP contribution in [-0.4, -0.2) is 25.1 Å². The second-order valence-corrected chi connectivity index (χ2v) is 7.15. The fourth-order valence-electron chi connectivity index (χ4n) is 2.53. The van der Waals surface area contributed by atoms with Gasteiger partial charge in [0.25, 0.3) is 0 Å². The van der Waals surface area contributed by atoms with Crippen LogP contribution in [0.5, 0.6) is 0 Å². The maximum Gasteiger partial charge on any atom is 0.104 e. The third-order valence-electron chi connectivity index (χ3n) is 3.71. The summed E-state index contributed by atoms with van der Waals surface area (Å²) < 4.78 is 1.01. The first kappa shape index (κ1) is 17.8. The van der Waals surface area contributed by atoms with Crippen molar-refractivity contribution in [2.75, 3.05) is 20.6 Å². The van der Waals surface area contributed by atoms with E-state index in [1.807, 2.05) is 12.1 Å². The van der Waals surface area contributed by atoms with Crippen molar-refractivity contribution in [3.05, 3.63) is 33.8 Å². The second-order valence-electron chi connectivity index (χ2n) is 6.33. The lowest BCUT2D eigenvalue weighted by Gasteiger charge is -2.30. The molecule has 0 saturated heterocycles. The summed E-state index contributed by atoms with van der Waals surface area (Å²) in [5.74, 6) is 0. The Labute approximate surface area is 134 Å². The summed E-state index contributed by atoms with van der Waals surface area (Å²) >= 11 is 12.0. The molecule has 3 heteroatoms. The van der Waals surface area contributed by atoms with Gasteiger partial charge in [-0.1, -0.05) is 61.9 Å². The highest BCUT2D eigenvalue weighted by atomic mass is 35.5. The largest absolute Gasteiger partial charge is 0.325 e. The first-order valence-corrected chi connectivity index (χ1v) is 8.46. The molecular weight excluding hydrogens is 289 g/mol. The van der Waals surface area contributed by atoms with Crippen LogP contribution in [-0.2, 0) is 6.54 Å². The maximum absolute atomic E-state index is 6.08. The predicted molar refractivity (Wildman–Crippen MR) is 90.5 cm³/mol. The van der Waals surface area contributed by atoms with Crippen LogP contribution in [0.1, 0.15) is 51.0 Å². The van der Waals surface area contributed by atoms with Crippen molar-refractivity contribution in [1.29, 1.82) is 0 Å². The third kappa shape index (κ3) is 6.97. The Kier molecular flexibility index (Phi) is 7.94. The summed E-state index contributed by atoms with van der Waals surface area (Å²) in [6, 6.07) is 5.96. The minimum Gasteiger partial charge on any atom is -0.325 e. The molecule has 1 aromatic rings. The quantitative estimate of drug-likeness (QED) is 0.391. The number of benzene rings is 1. The topological polar surface area (TPSA) is 0 Å². The number of hydrogen-bond acceptors (Lipinski definition) is 0. The Morgan fingerprint density at radius 2 is 1.55 bits per heavy atom. The van der Waals surface area contributed by atoms with Crippen molar-refractivity contribution < 1.29 is 4.48 Å². The van der Waals surface area contributed by atoms with Gasteiger partial charge < -0.3 is 4.48 Å². The van der Waals surface area contributed by atoms with Crippen molar-refractivity contribution in [2.45, 2.75) is 52.0 Å². The number of halogens is 2. The predicted octanol–water partition coefficient (Wildman–Crippen LogP) is 5.93. The molecule has 0 radical (unpaired) electrons. The summed E-state index contributed by atoms with van der Waals surface area (Å²) in [7, 11) is 4.57. The Bertz CT molecular complexity index is 402. The van der Waals surface area contributed by atoms with Crippen molar-refractivity contribution in [3.63, 3.8) is 0 Å². The fourth-order valence-corrected chi connectivity index (χ4v) is 2.85. The van der Waals surface area contributed by atoms with Crippen LogP contribution in [0, 0.1) is 0 Å². The Hall–Kier alpha value is -0.240. The van der Waals surface area contributed by atoms with Gasteiger partial charge >= 0.3 is 0 Å². The van der Waals surface area contributed by atoms with Gasteiger partial charge in [0.15, 0.2) is 0 Å². The van der Waals surface area contributed by atoms with E-state index >= 15 is 0 Å². The molecule has 20 heavy (non-hydrogen) atoms. The summed E-state index contributed by atoms with van der Waals surface area (Å²) in [5.41, 5.74) is 1.26. The number of hydrogen-bond donors (Lipinski definition) is 0. The summed E-state index contributed by atoms with van der Waals surface area (Å²) in [6.07, 6.45) is 8.11. The van der Waals surface area contributed by atoms with Gasteiger partial charge in [-0.05, 0) is 25.0 Å². The van der Waals surface area contributed by atoms with Gasteiger partial charge in [0.1, 0.15) is 6.54 Å². The highest BCUT2D eigenvalue weighted by molar-refractivity contribution is 6.42. The average molecular weight is 317 g/mol. The van der Waals surface area contributed by atoms with Crippen LogP contribution in [0.15, 0.2) is 18.2 Å².